The van der Waals surface area contributed by atoms with Crippen molar-refractivity contribution in [3.63, 3.8) is 0 Å². The number of benzene rings is 1. The lowest BCUT2D eigenvalue weighted by Gasteiger charge is -2.53. The number of nitrogens with one attached hydrogen (secondary N) is 1. The van der Waals surface area contributed by atoms with Gasteiger partial charge in [-0.1, -0.05) is 12.2 Å². The van der Waals surface area contributed by atoms with Gasteiger partial charge in [-0.3, -0.25) is 4.79 Å². The molecule has 2 aliphatic heterocycles. The molecule has 0 amide bonds. The van der Waals surface area contributed by atoms with Gasteiger partial charge >= 0.3 is 5.97 Å². The Morgan fingerprint density at radius 1 is 1.26 bits per heavy atom. The molecule has 1 fully saturated rings. The van der Waals surface area contributed by atoms with E-state index in [2.05, 4.69) is 17.5 Å². The number of carbonyl (C=O) groups is 1. The first kappa shape index (κ1) is 20.6. The minimum atomic E-state index is -0.243. The highest BCUT2D eigenvalue weighted by Crippen LogP contribution is 2.63. The number of rotatable bonds is 9. The normalized spacial score (nSPS) is 29.2. The molecule has 31 heavy (non-hydrogen) atoms. The molecule has 7 nitrogen and oxygen atoms in total. The van der Waals surface area contributed by atoms with E-state index in [0.29, 0.717) is 30.9 Å². The molecular formula is C24H31NO6. The molecule has 168 valence electrons. The second-order valence-corrected chi connectivity index (χ2v) is 8.85. The summed E-state index contributed by atoms with van der Waals surface area (Å²) in [6.07, 6.45) is 9.31. The molecule has 1 aromatic carbocycles. The average molecular weight is 430 g/mol. The molecule has 7 heteroatoms. The number of ether oxygens (including phenoxy) is 5. The Hall–Kier alpha value is -2.25. The van der Waals surface area contributed by atoms with E-state index < -0.39 is 0 Å². The molecule has 1 spiro atoms. The molecule has 1 N–H and O–H groups in total. The standard InChI is InChI=1S/C24H31NO6/c1-15(26)28-10-3-4-11-29-19-13-20(30-14-27-2)23-22-16(19)12-18-17-6-5-7-21(31-23)24(17,22)8-9-25-18/h5-6,13,17-18,21,25H,3-4,7-12,14H2,1-2H3/t17-,18+,21-,24+/m0/s1. The number of piperidine rings is 1. The lowest BCUT2D eigenvalue weighted by molar-refractivity contribution is -0.141. The zero-order valence-corrected chi connectivity index (χ0v) is 18.3. The molecular weight excluding hydrogens is 398 g/mol. The second kappa shape index (κ2) is 8.36. The van der Waals surface area contributed by atoms with Gasteiger partial charge in [-0.2, -0.15) is 0 Å². The first-order valence-corrected chi connectivity index (χ1v) is 11.3. The van der Waals surface area contributed by atoms with Gasteiger partial charge in [-0.05, 0) is 32.2 Å². The molecule has 4 atom stereocenters. The highest BCUT2D eigenvalue weighted by molar-refractivity contribution is 5.66. The molecule has 4 aliphatic rings. The molecule has 0 aromatic heterocycles. The minimum absolute atomic E-state index is 0.00649. The third-order valence-electron chi connectivity index (χ3n) is 7.14. The van der Waals surface area contributed by atoms with Gasteiger partial charge in [0.1, 0.15) is 11.9 Å². The van der Waals surface area contributed by atoms with Crippen LogP contribution in [0.1, 0.15) is 43.7 Å². The van der Waals surface area contributed by atoms with Crippen LogP contribution in [0.5, 0.6) is 17.2 Å². The highest BCUT2D eigenvalue weighted by Gasteiger charge is 2.61. The Bertz CT molecular complexity index is 883. The van der Waals surface area contributed by atoms with E-state index in [-0.39, 0.29) is 24.3 Å². The van der Waals surface area contributed by atoms with E-state index in [1.54, 1.807) is 7.11 Å². The van der Waals surface area contributed by atoms with Gasteiger partial charge in [0.25, 0.3) is 0 Å². The van der Waals surface area contributed by atoms with Crippen LogP contribution < -0.4 is 19.5 Å². The zero-order valence-electron chi connectivity index (χ0n) is 18.3. The van der Waals surface area contributed by atoms with Crippen LogP contribution >= 0.6 is 0 Å². The van der Waals surface area contributed by atoms with Gasteiger partial charge < -0.3 is 29.0 Å². The second-order valence-electron chi connectivity index (χ2n) is 8.85. The summed E-state index contributed by atoms with van der Waals surface area (Å²) in [6, 6.07) is 2.36. The Balaban J connectivity index is 1.46. The molecule has 5 rings (SSSR count). The van der Waals surface area contributed by atoms with Gasteiger partial charge in [0.05, 0.1) is 13.2 Å². The maximum Gasteiger partial charge on any atom is 0.302 e. The van der Waals surface area contributed by atoms with Crippen molar-refractivity contribution < 1.29 is 28.5 Å². The molecule has 1 saturated heterocycles. The summed E-state index contributed by atoms with van der Waals surface area (Å²) in [7, 11) is 1.62. The molecule has 2 heterocycles. The van der Waals surface area contributed by atoms with E-state index in [4.69, 9.17) is 23.7 Å². The fourth-order valence-corrected chi connectivity index (χ4v) is 5.95. The number of unbranched alkanes of at least 4 members (excludes halogenated alkanes) is 1. The van der Waals surface area contributed by atoms with Crippen LogP contribution in [0.15, 0.2) is 18.2 Å². The van der Waals surface area contributed by atoms with Crippen LogP contribution in [-0.4, -0.2) is 51.8 Å². The van der Waals surface area contributed by atoms with Crippen LogP contribution in [0, 0.1) is 5.92 Å². The fraction of sp³-hybridized carbons (Fsp3) is 0.625. The highest BCUT2D eigenvalue weighted by atomic mass is 16.7. The first-order chi connectivity index (χ1) is 15.1. The van der Waals surface area contributed by atoms with E-state index >= 15 is 0 Å². The van der Waals surface area contributed by atoms with E-state index in [0.717, 1.165) is 50.1 Å². The third kappa shape index (κ3) is 3.38. The molecule has 0 unspecified atom stereocenters. The minimum Gasteiger partial charge on any atom is -0.493 e. The summed E-state index contributed by atoms with van der Waals surface area (Å²) in [5.41, 5.74) is 2.55. The summed E-state index contributed by atoms with van der Waals surface area (Å²) in [5.74, 6) is 2.65. The average Bonchev–Trinajstić information content (AvgIpc) is 3.08. The van der Waals surface area contributed by atoms with Crippen molar-refractivity contribution in [2.75, 3.05) is 33.7 Å². The molecule has 2 bridgehead atoms. The van der Waals surface area contributed by atoms with Gasteiger partial charge in [0.2, 0.25) is 0 Å². The quantitative estimate of drug-likeness (QED) is 0.280. The number of hydrogen-bond donors (Lipinski definition) is 1. The van der Waals surface area contributed by atoms with Crippen molar-refractivity contribution in [1.82, 2.24) is 5.32 Å². The summed E-state index contributed by atoms with van der Waals surface area (Å²) in [6.45, 7) is 3.59. The molecule has 0 radical (unpaired) electrons. The van der Waals surface area contributed by atoms with Gasteiger partial charge in [-0.15, -0.1) is 0 Å². The number of carbonyl (C=O) groups excluding carboxylic acids is 1. The van der Waals surface area contributed by atoms with E-state index in [1.807, 2.05) is 6.07 Å². The summed E-state index contributed by atoms with van der Waals surface area (Å²) < 4.78 is 29.0. The summed E-state index contributed by atoms with van der Waals surface area (Å²) >= 11 is 0. The monoisotopic (exact) mass is 429 g/mol. The van der Waals surface area contributed by atoms with Crippen molar-refractivity contribution in [3.8, 4) is 17.2 Å². The summed E-state index contributed by atoms with van der Waals surface area (Å²) in [4.78, 5) is 10.9. The maximum absolute atomic E-state index is 10.9. The fourth-order valence-electron chi connectivity index (χ4n) is 5.95. The summed E-state index contributed by atoms with van der Waals surface area (Å²) in [5, 5.41) is 3.74. The topological polar surface area (TPSA) is 75.2 Å². The SMILES string of the molecule is COCOc1cc(OCCCCOC(C)=O)c2c3c1O[C@H]1CC=C[C@H]4[C@@H](C2)NCC[C@]314. The zero-order chi connectivity index (χ0) is 21.4. The number of esters is 1. The largest absolute Gasteiger partial charge is 0.493 e. The lowest BCUT2D eigenvalue weighted by atomic mass is 9.54. The van der Waals surface area contributed by atoms with Crippen LogP contribution in [0.2, 0.25) is 0 Å². The van der Waals surface area contributed by atoms with Crippen LogP contribution in [0.25, 0.3) is 0 Å². The maximum atomic E-state index is 10.9. The Morgan fingerprint density at radius 3 is 2.97 bits per heavy atom. The Kier molecular flexibility index (Phi) is 5.56. The first-order valence-electron chi connectivity index (χ1n) is 11.3. The van der Waals surface area contributed by atoms with Crippen LogP contribution in [0.3, 0.4) is 0 Å². The van der Waals surface area contributed by atoms with Gasteiger partial charge in [-0.25, -0.2) is 0 Å². The predicted molar refractivity (Wildman–Crippen MR) is 114 cm³/mol. The Labute approximate surface area is 183 Å². The van der Waals surface area contributed by atoms with E-state index in [9.17, 15) is 4.79 Å². The van der Waals surface area contributed by atoms with Gasteiger partial charge in [0, 0.05) is 55.0 Å². The van der Waals surface area contributed by atoms with E-state index in [1.165, 1.54) is 18.1 Å². The predicted octanol–water partition coefficient (Wildman–Crippen LogP) is 2.88. The third-order valence-corrected chi connectivity index (χ3v) is 7.14. The van der Waals surface area contributed by atoms with Crippen molar-refractivity contribution in [1.29, 1.82) is 0 Å². The van der Waals surface area contributed by atoms with Crippen molar-refractivity contribution in [3.05, 3.63) is 29.3 Å². The smallest absolute Gasteiger partial charge is 0.302 e. The van der Waals surface area contributed by atoms with Crippen molar-refractivity contribution in [2.24, 2.45) is 5.92 Å². The van der Waals surface area contributed by atoms with Crippen LogP contribution in [0.4, 0.5) is 0 Å². The number of methoxy groups -OCH3 is 1. The van der Waals surface area contributed by atoms with Crippen LogP contribution in [-0.2, 0) is 26.1 Å². The molecule has 1 aromatic rings. The Morgan fingerprint density at radius 2 is 2.13 bits per heavy atom. The van der Waals surface area contributed by atoms with Crippen molar-refractivity contribution in [2.45, 2.75) is 56.6 Å². The molecule has 0 saturated carbocycles. The van der Waals surface area contributed by atoms with Crippen molar-refractivity contribution >= 4 is 5.97 Å². The molecule has 2 aliphatic carbocycles. The van der Waals surface area contributed by atoms with Gasteiger partial charge in [0.15, 0.2) is 18.3 Å². The number of hydrogen-bond acceptors (Lipinski definition) is 7. The lowest BCUT2D eigenvalue weighted by Crippen LogP contribution is -2.62.